The first-order chi connectivity index (χ1) is 7.84. The fourth-order valence-electron chi connectivity index (χ4n) is 1.63. The molecule has 17 heavy (non-hydrogen) atoms. The predicted molar refractivity (Wildman–Crippen MR) is 67.8 cm³/mol. The van der Waals surface area contributed by atoms with Crippen molar-refractivity contribution in [1.82, 2.24) is 4.90 Å². The second-order valence-corrected chi connectivity index (χ2v) is 5.11. The highest BCUT2D eigenvalue weighted by molar-refractivity contribution is 5.76. The van der Waals surface area contributed by atoms with Crippen LogP contribution in [-0.2, 0) is 9.59 Å². The Morgan fingerprint density at radius 2 is 1.71 bits per heavy atom. The fourth-order valence-corrected chi connectivity index (χ4v) is 1.63. The van der Waals surface area contributed by atoms with Gasteiger partial charge >= 0.3 is 5.97 Å². The van der Waals surface area contributed by atoms with E-state index in [4.69, 9.17) is 5.11 Å². The number of carbonyl (C=O) groups is 2. The summed E-state index contributed by atoms with van der Waals surface area (Å²) in [7, 11) is 0. The van der Waals surface area contributed by atoms with Gasteiger partial charge in [0.05, 0.1) is 0 Å². The number of amides is 1. The van der Waals surface area contributed by atoms with E-state index in [-0.39, 0.29) is 18.4 Å². The molecule has 0 heterocycles. The monoisotopic (exact) mass is 243 g/mol. The minimum Gasteiger partial charge on any atom is -0.481 e. The SMILES string of the molecule is CC(C)CCC(=O)N(CCCC(=O)O)C(C)C. The summed E-state index contributed by atoms with van der Waals surface area (Å²) in [5.41, 5.74) is 0. The third-order valence-corrected chi connectivity index (χ3v) is 2.67. The van der Waals surface area contributed by atoms with Crippen LogP contribution in [0.25, 0.3) is 0 Å². The first kappa shape index (κ1) is 15.9. The summed E-state index contributed by atoms with van der Waals surface area (Å²) >= 11 is 0. The lowest BCUT2D eigenvalue weighted by atomic mass is 10.1. The van der Waals surface area contributed by atoms with Gasteiger partial charge in [-0.3, -0.25) is 9.59 Å². The Morgan fingerprint density at radius 1 is 1.12 bits per heavy atom. The normalized spacial score (nSPS) is 10.9. The smallest absolute Gasteiger partial charge is 0.303 e. The van der Waals surface area contributed by atoms with Crippen molar-refractivity contribution in [2.45, 2.75) is 59.4 Å². The summed E-state index contributed by atoms with van der Waals surface area (Å²) in [5, 5.41) is 8.58. The summed E-state index contributed by atoms with van der Waals surface area (Å²) in [4.78, 5) is 24.2. The first-order valence-electron chi connectivity index (χ1n) is 6.35. The summed E-state index contributed by atoms with van der Waals surface area (Å²) in [6, 6.07) is 0.142. The van der Waals surface area contributed by atoms with Gasteiger partial charge in [0.25, 0.3) is 0 Å². The van der Waals surface area contributed by atoms with Crippen molar-refractivity contribution in [1.29, 1.82) is 0 Å². The van der Waals surface area contributed by atoms with E-state index >= 15 is 0 Å². The number of nitrogens with zero attached hydrogens (tertiary/aromatic N) is 1. The van der Waals surface area contributed by atoms with Crippen LogP contribution in [0, 0.1) is 5.92 Å². The minimum absolute atomic E-state index is 0.126. The van der Waals surface area contributed by atoms with Crippen LogP contribution in [0.5, 0.6) is 0 Å². The van der Waals surface area contributed by atoms with E-state index in [9.17, 15) is 9.59 Å². The standard InChI is InChI=1S/C13H25NO3/c1-10(2)7-8-12(15)14(11(3)4)9-5-6-13(16)17/h10-11H,5-9H2,1-4H3,(H,16,17). The van der Waals surface area contributed by atoms with Crippen molar-refractivity contribution in [3.05, 3.63) is 0 Å². The zero-order valence-electron chi connectivity index (χ0n) is 11.4. The molecule has 0 fully saturated rings. The molecule has 0 saturated carbocycles. The maximum Gasteiger partial charge on any atom is 0.303 e. The largest absolute Gasteiger partial charge is 0.481 e. The molecule has 0 aliphatic rings. The third kappa shape index (κ3) is 7.77. The summed E-state index contributed by atoms with van der Waals surface area (Å²) in [6.45, 7) is 8.66. The Labute approximate surface area is 104 Å². The number of aliphatic carboxylic acids is 1. The highest BCUT2D eigenvalue weighted by atomic mass is 16.4. The lowest BCUT2D eigenvalue weighted by Crippen LogP contribution is -2.37. The molecule has 1 N–H and O–H groups in total. The molecule has 0 aliphatic carbocycles. The molecule has 0 aromatic heterocycles. The molecule has 0 saturated heterocycles. The lowest BCUT2D eigenvalue weighted by Gasteiger charge is -2.27. The third-order valence-electron chi connectivity index (χ3n) is 2.67. The van der Waals surface area contributed by atoms with Gasteiger partial charge in [-0.2, -0.15) is 0 Å². The van der Waals surface area contributed by atoms with Crippen LogP contribution in [0.3, 0.4) is 0 Å². The quantitative estimate of drug-likeness (QED) is 0.712. The van der Waals surface area contributed by atoms with Crippen LogP contribution in [0.1, 0.15) is 53.4 Å². The van der Waals surface area contributed by atoms with Gasteiger partial charge in [-0.05, 0) is 32.6 Å². The van der Waals surface area contributed by atoms with E-state index in [1.165, 1.54) is 0 Å². The Kier molecular flexibility index (Phi) is 7.59. The lowest BCUT2D eigenvalue weighted by molar-refractivity contribution is -0.138. The molecule has 4 heteroatoms. The van der Waals surface area contributed by atoms with Gasteiger partial charge in [-0.1, -0.05) is 13.8 Å². The van der Waals surface area contributed by atoms with E-state index in [2.05, 4.69) is 13.8 Å². The number of hydrogen-bond acceptors (Lipinski definition) is 2. The Balaban J connectivity index is 4.12. The number of rotatable bonds is 8. The molecule has 1 amide bonds. The van der Waals surface area contributed by atoms with E-state index in [1.807, 2.05) is 13.8 Å². The molecular weight excluding hydrogens is 218 g/mol. The molecule has 0 aromatic rings. The molecule has 4 nitrogen and oxygen atoms in total. The van der Waals surface area contributed by atoms with E-state index in [0.717, 1.165) is 6.42 Å². The van der Waals surface area contributed by atoms with E-state index in [1.54, 1.807) is 4.90 Å². The van der Waals surface area contributed by atoms with Gasteiger partial charge in [0.1, 0.15) is 0 Å². The van der Waals surface area contributed by atoms with Crippen LogP contribution in [0.2, 0.25) is 0 Å². The number of hydrogen-bond donors (Lipinski definition) is 1. The van der Waals surface area contributed by atoms with Gasteiger partial charge in [-0.15, -0.1) is 0 Å². The van der Waals surface area contributed by atoms with Crippen LogP contribution in [0.4, 0.5) is 0 Å². The topological polar surface area (TPSA) is 57.6 Å². The van der Waals surface area contributed by atoms with Gasteiger partial charge in [-0.25, -0.2) is 0 Å². The molecule has 100 valence electrons. The van der Waals surface area contributed by atoms with Crippen molar-refractivity contribution >= 4 is 11.9 Å². The molecule has 0 aliphatic heterocycles. The highest BCUT2D eigenvalue weighted by Gasteiger charge is 2.16. The Hall–Kier alpha value is -1.06. The van der Waals surface area contributed by atoms with E-state index < -0.39 is 5.97 Å². The van der Waals surface area contributed by atoms with Crippen molar-refractivity contribution in [3.8, 4) is 0 Å². The second-order valence-electron chi connectivity index (χ2n) is 5.11. The van der Waals surface area contributed by atoms with Gasteiger partial charge < -0.3 is 10.0 Å². The zero-order valence-corrected chi connectivity index (χ0v) is 11.4. The highest BCUT2D eigenvalue weighted by Crippen LogP contribution is 2.10. The average molecular weight is 243 g/mol. The summed E-state index contributed by atoms with van der Waals surface area (Å²) < 4.78 is 0. The summed E-state index contributed by atoms with van der Waals surface area (Å²) in [5.74, 6) is -0.144. The fraction of sp³-hybridized carbons (Fsp3) is 0.846. The predicted octanol–water partition coefficient (Wildman–Crippen LogP) is 2.52. The molecule has 0 atom stereocenters. The number of carboxylic acid groups (broad SMARTS) is 1. The van der Waals surface area contributed by atoms with Gasteiger partial charge in [0, 0.05) is 25.4 Å². The first-order valence-corrected chi connectivity index (χ1v) is 6.35. The van der Waals surface area contributed by atoms with Crippen LogP contribution >= 0.6 is 0 Å². The van der Waals surface area contributed by atoms with Crippen molar-refractivity contribution < 1.29 is 14.7 Å². The molecular formula is C13H25NO3. The van der Waals surface area contributed by atoms with Crippen LogP contribution in [-0.4, -0.2) is 34.5 Å². The van der Waals surface area contributed by atoms with Crippen molar-refractivity contribution in [3.63, 3.8) is 0 Å². The second kappa shape index (κ2) is 8.09. The Morgan fingerprint density at radius 3 is 2.12 bits per heavy atom. The molecule has 0 spiro atoms. The zero-order chi connectivity index (χ0) is 13.4. The Bertz CT molecular complexity index is 249. The van der Waals surface area contributed by atoms with Crippen molar-refractivity contribution in [2.75, 3.05) is 6.54 Å². The maximum absolute atomic E-state index is 11.9. The molecule has 0 unspecified atom stereocenters. The molecule has 0 bridgehead atoms. The van der Waals surface area contributed by atoms with Gasteiger partial charge in [0.15, 0.2) is 0 Å². The molecule has 0 radical (unpaired) electrons. The minimum atomic E-state index is -0.802. The number of carboxylic acids is 1. The average Bonchev–Trinajstić information content (AvgIpc) is 2.20. The van der Waals surface area contributed by atoms with Crippen LogP contribution in [0.15, 0.2) is 0 Å². The number of carbonyl (C=O) groups excluding carboxylic acids is 1. The summed E-state index contributed by atoms with van der Waals surface area (Å²) in [6.07, 6.45) is 2.10. The van der Waals surface area contributed by atoms with Gasteiger partial charge in [0.2, 0.25) is 5.91 Å². The molecule has 0 aromatic carbocycles. The maximum atomic E-state index is 11.9. The van der Waals surface area contributed by atoms with Crippen LogP contribution < -0.4 is 0 Å². The van der Waals surface area contributed by atoms with E-state index in [0.29, 0.717) is 25.3 Å². The molecule has 0 rings (SSSR count). The van der Waals surface area contributed by atoms with Crippen molar-refractivity contribution in [2.24, 2.45) is 5.92 Å².